The van der Waals surface area contributed by atoms with Crippen molar-refractivity contribution in [3.05, 3.63) is 0 Å². The van der Waals surface area contributed by atoms with Gasteiger partial charge in [-0.1, -0.05) is 0 Å². The van der Waals surface area contributed by atoms with E-state index < -0.39 is 5.51 Å². The highest BCUT2D eigenvalue weighted by molar-refractivity contribution is 8.00. The van der Waals surface area contributed by atoms with E-state index in [0.29, 0.717) is 12.6 Å². The van der Waals surface area contributed by atoms with Gasteiger partial charge in [0.15, 0.2) is 0 Å². The second kappa shape index (κ2) is 5.96. The third-order valence-corrected chi connectivity index (χ3v) is 3.38. The number of thioether (sulfide) groups is 1. The fraction of sp³-hybridized carbons (Fsp3) is 1.00. The van der Waals surface area contributed by atoms with Crippen LogP contribution in [0.1, 0.15) is 12.8 Å². The van der Waals surface area contributed by atoms with Crippen LogP contribution in [0.25, 0.3) is 0 Å². The molecule has 1 N–H and O–H groups in total. The highest BCUT2D eigenvalue weighted by atomic mass is 32.2. The monoisotopic (exact) mass is 242 g/mol. The number of likely N-dealkylation sites (tertiary alicyclic amines) is 1. The molecule has 0 aliphatic carbocycles. The summed E-state index contributed by atoms with van der Waals surface area (Å²) in [7, 11) is 1.93. The van der Waals surface area contributed by atoms with Gasteiger partial charge < -0.3 is 10.2 Å². The lowest BCUT2D eigenvalue weighted by molar-refractivity contribution is -0.0329. The number of hydrogen-bond acceptors (Lipinski definition) is 3. The Kier molecular flexibility index (Phi) is 5.22. The lowest BCUT2D eigenvalue weighted by atomic mass is 10.1. The molecular formula is C9H17F3N2S. The third kappa shape index (κ3) is 5.63. The summed E-state index contributed by atoms with van der Waals surface area (Å²) in [5.41, 5.74) is -4.08. The zero-order valence-corrected chi connectivity index (χ0v) is 9.63. The molecule has 1 aliphatic rings. The summed E-state index contributed by atoms with van der Waals surface area (Å²) in [6.07, 6.45) is 2.07. The van der Waals surface area contributed by atoms with Gasteiger partial charge in [0, 0.05) is 18.3 Å². The number of alkyl halides is 3. The molecule has 0 atom stereocenters. The predicted octanol–water partition coefficient (Wildman–Crippen LogP) is 1.92. The first-order valence-corrected chi connectivity index (χ1v) is 6.10. The summed E-state index contributed by atoms with van der Waals surface area (Å²) >= 11 is 0.0765. The van der Waals surface area contributed by atoms with Gasteiger partial charge in [-0.15, -0.1) is 0 Å². The maximum absolute atomic E-state index is 11.9. The first kappa shape index (κ1) is 13.1. The molecule has 1 saturated heterocycles. The summed E-state index contributed by atoms with van der Waals surface area (Å²) in [6.45, 7) is 2.36. The maximum atomic E-state index is 11.9. The number of piperidine rings is 1. The first-order valence-electron chi connectivity index (χ1n) is 5.11. The van der Waals surface area contributed by atoms with Crippen molar-refractivity contribution >= 4 is 11.8 Å². The van der Waals surface area contributed by atoms with Crippen LogP contribution < -0.4 is 5.32 Å². The fourth-order valence-corrected chi connectivity index (χ4v) is 2.32. The molecule has 1 heterocycles. The Balaban J connectivity index is 2.09. The molecule has 0 spiro atoms. The summed E-state index contributed by atoms with van der Waals surface area (Å²) in [6, 6.07) is 0.538. The predicted molar refractivity (Wildman–Crippen MR) is 57.0 cm³/mol. The van der Waals surface area contributed by atoms with Gasteiger partial charge >= 0.3 is 5.51 Å². The zero-order chi connectivity index (χ0) is 11.3. The number of nitrogens with zero attached hydrogens (tertiary/aromatic N) is 1. The van der Waals surface area contributed by atoms with E-state index in [4.69, 9.17) is 0 Å². The first-order chi connectivity index (χ1) is 7.01. The average Bonchev–Trinajstić information content (AvgIpc) is 2.17. The van der Waals surface area contributed by atoms with E-state index >= 15 is 0 Å². The topological polar surface area (TPSA) is 15.3 Å². The number of nitrogens with one attached hydrogen (secondary N) is 1. The van der Waals surface area contributed by atoms with Crippen molar-refractivity contribution < 1.29 is 13.2 Å². The lowest BCUT2D eigenvalue weighted by Crippen LogP contribution is -2.42. The number of rotatable bonds is 4. The molecule has 90 valence electrons. The second-order valence-corrected chi connectivity index (χ2v) is 4.86. The molecule has 0 bridgehead atoms. The molecule has 2 nitrogen and oxygen atoms in total. The van der Waals surface area contributed by atoms with E-state index in [9.17, 15) is 13.2 Å². The van der Waals surface area contributed by atoms with Gasteiger partial charge in [-0.05, 0) is 44.7 Å². The van der Waals surface area contributed by atoms with Crippen molar-refractivity contribution in [3.63, 3.8) is 0 Å². The van der Waals surface area contributed by atoms with Crippen LogP contribution >= 0.6 is 11.8 Å². The normalized spacial score (nSPS) is 20.8. The minimum Gasteiger partial charge on any atom is -0.317 e. The van der Waals surface area contributed by atoms with Gasteiger partial charge in [-0.3, -0.25) is 0 Å². The van der Waals surface area contributed by atoms with Crippen molar-refractivity contribution in [1.82, 2.24) is 10.2 Å². The maximum Gasteiger partial charge on any atom is 0.441 e. The highest BCUT2D eigenvalue weighted by Gasteiger charge is 2.28. The van der Waals surface area contributed by atoms with Crippen molar-refractivity contribution in [2.45, 2.75) is 24.4 Å². The molecule has 6 heteroatoms. The van der Waals surface area contributed by atoms with Crippen molar-refractivity contribution in [1.29, 1.82) is 0 Å². The molecule has 1 rings (SSSR count). The average molecular weight is 242 g/mol. The number of halogens is 3. The van der Waals surface area contributed by atoms with E-state index in [0.717, 1.165) is 25.9 Å². The van der Waals surface area contributed by atoms with Crippen LogP contribution in [0.15, 0.2) is 0 Å². The van der Waals surface area contributed by atoms with Crippen LogP contribution in [0.3, 0.4) is 0 Å². The largest absolute Gasteiger partial charge is 0.441 e. The lowest BCUT2D eigenvalue weighted by Gasteiger charge is -2.31. The smallest absolute Gasteiger partial charge is 0.317 e. The zero-order valence-electron chi connectivity index (χ0n) is 8.81. The van der Waals surface area contributed by atoms with Gasteiger partial charge in [0.1, 0.15) is 0 Å². The molecule has 1 aliphatic heterocycles. The molecular weight excluding hydrogens is 225 g/mol. The minimum absolute atomic E-state index is 0.0765. The van der Waals surface area contributed by atoms with Crippen LogP contribution in [0.4, 0.5) is 13.2 Å². The van der Waals surface area contributed by atoms with Crippen molar-refractivity contribution in [2.75, 3.05) is 32.4 Å². The molecule has 0 aromatic heterocycles. The van der Waals surface area contributed by atoms with Crippen LogP contribution in [0, 0.1) is 0 Å². The Morgan fingerprint density at radius 3 is 2.40 bits per heavy atom. The standard InChI is InChI=1S/C9H17F3N2S/c1-13-8-2-4-14(5-3-8)6-7-15-9(10,11)12/h8,13H,2-7H2,1H3. The quantitative estimate of drug-likeness (QED) is 0.811. The molecule has 0 aromatic carbocycles. The molecule has 0 radical (unpaired) electrons. The molecule has 0 amide bonds. The third-order valence-electron chi connectivity index (χ3n) is 2.67. The van der Waals surface area contributed by atoms with E-state index in [1.807, 2.05) is 7.05 Å². The molecule has 1 fully saturated rings. The minimum atomic E-state index is -4.08. The molecule has 0 saturated carbocycles. The SMILES string of the molecule is CNC1CCN(CCSC(F)(F)F)CC1. The van der Waals surface area contributed by atoms with Crippen LogP contribution in [-0.4, -0.2) is 48.9 Å². The van der Waals surface area contributed by atoms with Gasteiger partial charge in [-0.2, -0.15) is 13.2 Å². The highest BCUT2D eigenvalue weighted by Crippen LogP contribution is 2.29. The Morgan fingerprint density at radius 1 is 1.33 bits per heavy atom. The summed E-state index contributed by atoms with van der Waals surface area (Å²) in [5, 5.41) is 3.19. The molecule has 0 unspecified atom stereocenters. The fourth-order valence-electron chi connectivity index (χ4n) is 1.74. The van der Waals surface area contributed by atoms with Gasteiger partial charge in [0.25, 0.3) is 0 Å². The summed E-state index contributed by atoms with van der Waals surface area (Å²) < 4.78 is 35.6. The number of hydrogen-bond donors (Lipinski definition) is 1. The Hall–Kier alpha value is 0.0600. The van der Waals surface area contributed by atoms with Gasteiger partial charge in [-0.25, -0.2) is 0 Å². The van der Waals surface area contributed by atoms with Crippen molar-refractivity contribution in [3.8, 4) is 0 Å². The Bertz CT molecular complexity index is 179. The van der Waals surface area contributed by atoms with E-state index in [2.05, 4.69) is 10.2 Å². The van der Waals surface area contributed by atoms with E-state index in [1.165, 1.54) is 0 Å². The summed E-state index contributed by atoms with van der Waals surface area (Å²) in [4.78, 5) is 2.10. The van der Waals surface area contributed by atoms with Crippen LogP contribution in [0.2, 0.25) is 0 Å². The second-order valence-electron chi connectivity index (χ2n) is 3.70. The van der Waals surface area contributed by atoms with Crippen LogP contribution in [-0.2, 0) is 0 Å². The summed E-state index contributed by atoms with van der Waals surface area (Å²) in [5.74, 6) is 0.147. The molecule has 15 heavy (non-hydrogen) atoms. The Labute approximate surface area is 92.6 Å². The van der Waals surface area contributed by atoms with Gasteiger partial charge in [0.05, 0.1) is 0 Å². The Morgan fingerprint density at radius 2 is 1.93 bits per heavy atom. The van der Waals surface area contributed by atoms with E-state index in [-0.39, 0.29) is 17.5 Å². The molecule has 0 aromatic rings. The van der Waals surface area contributed by atoms with E-state index in [1.54, 1.807) is 0 Å². The van der Waals surface area contributed by atoms with Crippen LogP contribution in [0.5, 0.6) is 0 Å². The van der Waals surface area contributed by atoms with Gasteiger partial charge in [0.2, 0.25) is 0 Å². The van der Waals surface area contributed by atoms with Crippen molar-refractivity contribution in [2.24, 2.45) is 0 Å².